The first-order valence-corrected chi connectivity index (χ1v) is 11.5. The Labute approximate surface area is 201 Å². The molecule has 0 fully saturated rings. The van der Waals surface area contributed by atoms with E-state index in [9.17, 15) is 14.9 Å². The van der Waals surface area contributed by atoms with Gasteiger partial charge in [-0.1, -0.05) is 22.7 Å². The Balaban J connectivity index is 1.59. The Morgan fingerprint density at radius 1 is 1.09 bits per heavy atom. The number of aromatic nitrogens is 2. The lowest BCUT2D eigenvalue weighted by Crippen LogP contribution is -2.09. The van der Waals surface area contributed by atoms with Crippen molar-refractivity contribution in [2.45, 2.75) is 0 Å². The quantitative estimate of drug-likeness (QED) is 0.179. The SMILES string of the molecule is COCCOc1ccc(-c2nc(NC(=O)c3ccc([N+](=O)[O-])s3)sc2Oc2cccnc2)cc1. The average molecular weight is 499 g/mol. The predicted octanol–water partition coefficient (Wildman–Crippen LogP) is 5.24. The first-order valence-electron chi connectivity index (χ1n) is 9.90. The van der Waals surface area contributed by atoms with Crippen LogP contribution >= 0.6 is 22.7 Å². The molecule has 0 aliphatic carbocycles. The maximum absolute atomic E-state index is 12.6. The minimum atomic E-state index is -0.536. The lowest BCUT2D eigenvalue weighted by molar-refractivity contribution is -0.380. The number of benzene rings is 1. The smallest absolute Gasteiger partial charge is 0.324 e. The number of carbonyl (C=O) groups excluding carboxylic acids is 1. The van der Waals surface area contributed by atoms with E-state index in [-0.39, 0.29) is 15.0 Å². The lowest BCUT2D eigenvalue weighted by Gasteiger charge is -2.07. The number of anilines is 1. The summed E-state index contributed by atoms with van der Waals surface area (Å²) in [6.45, 7) is 0.909. The molecular weight excluding hydrogens is 480 g/mol. The van der Waals surface area contributed by atoms with Crippen LogP contribution in [0.4, 0.5) is 10.1 Å². The second-order valence-corrected chi connectivity index (χ2v) is 8.68. The van der Waals surface area contributed by atoms with Gasteiger partial charge in [-0.15, -0.1) is 0 Å². The number of amides is 1. The van der Waals surface area contributed by atoms with Gasteiger partial charge in [0.05, 0.1) is 22.6 Å². The van der Waals surface area contributed by atoms with Crippen LogP contribution in [0.15, 0.2) is 60.9 Å². The summed E-state index contributed by atoms with van der Waals surface area (Å²) < 4.78 is 16.6. The van der Waals surface area contributed by atoms with Gasteiger partial charge in [0.2, 0.25) is 5.06 Å². The standard InChI is InChI=1S/C22H18N4O6S2/c1-30-11-12-31-15-6-4-14(5-7-15)19-21(32-16-3-2-10-23-13-16)34-22(24-19)25-20(27)17-8-9-18(33-17)26(28)29/h2-10,13H,11-12H2,1H3,(H,24,25,27). The van der Waals surface area contributed by atoms with E-state index in [0.717, 1.165) is 28.2 Å². The molecule has 0 unspecified atom stereocenters. The van der Waals surface area contributed by atoms with Crippen molar-refractivity contribution < 1.29 is 23.9 Å². The molecule has 3 aromatic heterocycles. The molecule has 0 saturated carbocycles. The molecule has 4 aromatic rings. The number of pyridine rings is 1. The zero-order valence-electron chi connectivity index (χ0n) is 17.8. The minimum Gasteiger partial charge on any atom is -0.491 e. The number of rotatable bonds is 10. The zero-order chi connectivity index (χ0) is 23.9. The average Bonchev–Trinajstić information content (AvgIpc) is 3.48. The number of methoxy groups -OCH3 is 1. The van der Waals surface area contributed by atoms with Crippen molar-refractivity contribution in [1.82, 2.24) is 9.97 Å². The molecule has 1 N–H and O–H groups in total. The Hall–Kier alpha value is -3.87. The van der Waals surface area contributed by atoms with Gasteiger partial charge in [-0.2, -0.15) is 0 Å². The molecule has 0 spiro atoms. The van der Waals surface area contributed by atoms with Crippen molar-refractivity contribution >= 4 is 38.7 Å². The van der Waals surface area contributed by atoms with Crippen LogP contribution in [0.2, 0.25) is 0 Å². The highest BCUT2D eigenvalue weighted by atomic mass is 32.1. The molecule has 34 heavy (non-hydrogen) atoms. The molecule has 12 heteroatoms. The van der Waals surface area contributed by atoms with E-state index < -0.39 is 10.8 Å². The monoisotopic (exact) mass is 498 g/mol. The third-order valence-electron chi connectivity index (χ3n) is 4.34. The van der Waals surface area contributed by atoms with E-state index in [2.05, 4.69) is 15.3 Å². The summed E-state index contributed by atoms with van der Waals surface area (Å²) in [6.07, 6.45) is 3.20. The van der Waals surface area contributed by atoms with E-state index in [1.165, 1.54) is 12.1 Å². The third kappa shape index (κ3) is 5.73. The number of carbonyl (C=O) groups is 1. The highest BCUT2D eigenvalue weighted by Crippen LogP contribution is 2.41. The van der Waals surface area contributed by atoms with Crippen LogP contribution in [-0.2, 0) is 4.74 Å². The Morgan fingerprint density at radius 2 is 1.91 bits per heavy atom. The van der Waals surface area contributed by atoms with Gasteiger partial charge in [-0.3, -0.25) is 25.2 Å². The molecule has 10 nitrogen and oxygen atoms in total. The largest absolute Gasteiger partial charge is 0.491 e. The molecule has 1 amide bonds. The van der Waals surface area contributed by atoms with Gasteiger partial charge in [0.1, 0.15) is 23.8 Å². The molecule has 0 aliphatic heterocycles. The highest BCUT2D eigenvalue weighted by molar-refractivity contribution is 7.19. The molecule has 1 aromatic carbocycles. The number of hydrogen-bond donors (Lipinski definition) is 1. The van der Waals surface area contributed by atoms with Gasteiger partial charge < -0.3 is 14.2 Å². The van der Waals surface area contributed by atoms with Crippen molar-refractivity contribution in [3.05, 3.63) is 75.9 Å². The fraction of sp³-hybridized carbons (Fsp3) is 0.136. The molecule has 174 valence electrons. The highest BCUT2D eigenvalue weighted by Gasteiger charge is 2.20. The van der Waals surface area contributed by atoms with Crippen LogP contribution in [0.3, 0.4) is 0 Å². The zero-order valence-corrected chi connectivity index (χ0v) is 19.4. The van der Waals surface area contributed by atoms with Gasteiger partial charge >= 0.3 is 5.00 Å². The lowest BCUT2D eigenvalue weighted by atomic mass is 10.1. The van der Waals surface area contributed by atoms with Crippen molar-refractivity contribution in [3.63, 3.8) is 0 Å². The summed E-state index contributed by atoms with van der Waals surface area (Å²) in [5.41, 5.74) is 1.27. The van der Waals surface area contributed by atoms with Crippen LogP contribution in [0, 0.1) is 10.1 Å². The summed E-state index contributed by atoms with van der Waals surface area (Å²) in [6, 6.07) is 13.5. The molecule has 0 bridgehead atoms. The van der Waals surface area contributed by atoms with Gasteiger partial charge in [-0.05, 0) is 42.5 Å². The van der Waals surface area contributed by atoms with Crippen LogP contribution in [0.1, 0.15) is 9.67 Å². The van der Waals surface area contributed by atoms with E-state index in [4.69, 9.17) is 14.2 Å². The van der Waals surface area contributed by atoms with Gasteiger partial charge in [-0.25, -0.2) is 4.98 Å². The van der Waals surface area contributed by atoms with Crippen molar-refractivity contribution in [2.75, 3.05) is 25.6 Å². The number of thiophene rings is 1. The molecule has 4 rings (SSSR count). The van der Waals surface area contributed by atoms with Gasteiger partial charge in [0, 0.05) is 24.9 Å². The van der Waals surface area contributed by atoms with E-state index in [1.54, 1.807) is 43.8 Å². The summed E-state index contributed by atoms with van der Waals surface area (Å²) >= 11 is 1.93. The van der Waals surface area contributed by atoms with Gasteiger partial charge in [0.25, 0.3) is 5.91 Å². The summed E-state index contributed by atoms with van der Waals surface area (Å²) in [4.78, 5) is 31.8. The van der Waals surface area contributed by atoms with Gasteiger partial charge in [0.15, 0.2) is 5.13 Å². The maximum Gasteiger partial charge on any atom is 0.324 e. The molecule has 0 saturated heterocycles. The fourth-order valence-corrected chi connectivity index (χ4v) is 4.35. The normalized spacial score (nSPS) is 10.6. The van der Waals surface area contributed by atoms with Crippen molar-refractivity contribution in [2.24, 2.45) is 0 Å². The number of thiazole rings is 1. The van der Waals surface area contributed by atoms with Crippen LogP contribution in [-0.4, -0.2) is 41.1 Å². The van der Waals surface area contributed by atoms with E-state index in [1.807, 2.05) is 12.1 Å². The fourth-order valence-electron chi connectivity index (χ4n) is 2.78. The Bertz CT molecular complexity index is 1270. The molecular formula is C22H18N4O6S2. The second-order valence-electron chi connectivity index (χ2n) is 6.66. The summed E-state index contributed by atoms with van der Waals surface area (Å²) in [7, 11) is 1.61. The first kappa shape index (κ1) is 23.3. The number of ether oxygens (including phenoxy) is 3. The maximum atomic E-state index is 12.6. The number of nitrogens with one attached hydrogen (secondary N) is 1. The number of nitro groups is 1. The van der Waals surface area contributed by atoms with Crippen LogP contribution < -0.4 is 14.8 Å². The van der Waals surface area contributed by atoms with Crippen molar-refractivity contribution in [3.8, 4) is 27.8 Å². The third-order valence-corrected chi connectivity index (χ3v) is 6.23. The van der Waals surface area contributed by atoms with Crippen LogP contribution in [0.5, 0.6) is 16.6 Å². The summed E-state index contributed by atoms with van der Waals surface area (Å²) in [5, 5.41) is 14.2. The Morgan fingerprint density at radius 3 is 2.59 bits per heavy atom. The molecule has 3 heterocycles. The van der Waals surface area contributed by atoms with Crippen molar-refractivity contribution in [1.29, 1.82) is 0 Å². The molecule has 0 aliphatic rings. The number of hydrogen-bond acceptors (Lipinski definition) is 10. The molecule has 0 radical (unpaired) electrons. The summed E-state index contributed by atoms with van der Waals surface area (Å²) in [5.74, 6) is 0.700. The van der Waals surface area contributed by atoms with E-state index in [0.29, 0.717) is 35.5 Å². The van der Waals surface area contributed by atoms with Crippen LogP contribution in [0.25, 0.3) is 11.3 Å². The molecule has 0 atom stereocenters. The second kappa shape index (κ2) is 10.8. The predicted molar refractivity (Wildman–Crippen MR) is 128 cm³/mol. The first-order chi connectivity index (χ1) is 16.5. The topological polar surface area (TPSA) is 126 Å². The number of nitrogens with zero attached hydrogens (tertiary/aromatic N) is 3. The Kier molecular flexibility index (Phi) is 7.42. The van der Waals surface area contributed by atoms with E-state index >= 15 is 0 Å². The minimum absolute atomic E-state index is 0.113.